The number of aryl methyl sites for hydroxylation is 1. The number of fused-ring (bicyclic) bond motifs is 1. The average molecular weight is 590 g/mol. The molecule has 0 aliphatic heterocycles. The molecule has 0 aliphatic rings. The van der Waals surface area contributed by atoms with Gasteiger partial charge in [-0.3, -0.25) is 0 Å². The molecule has 1 aromatic heterocycles. The highest BCUT2D eigenvalue weighted by atomic mass is 79.9. The number of esters is 1. The van der Waals surface area contributed by atoms with Crippen molar-refractivity contribution in [2.24, 2.45) is 0 Å². The van der Waals surface area contributed by atoms with E-state index in [9.17, 15) is 9.90 Å². The number of hydrogen-bond acceptors (Lipinski definition) is 5. The van der Waals surface area contributed by atoms with Crippen LogP contribution >= 0.6 is 40.1 Å². The van der Waals surface area contributed by atoms with Crippen LogP contribution in [0.3, 0.4) is 0 Å². The summed E-state index contributed by atoms with van der Waals surface area (Å²) in [5.41, 5.74) is 5.00. The molecule has 0 unspecified atom stereocenters. The van der Waals surface area contributed by atoms with Crippen LogP contribution < -0.4 is 0 Å². The van der Waals surface area contributed by atoms with Crippen LogP contribution in [0, 0.1) is 6.92 Å². The maximum Gasteiger partial charge on any atom is 0.340 e. The van der Waals surface area contributed by atoms with Gasteiger partial charge in [-0.1, -0.05) is 35.9 Å². The average Bonchev–Trinajstić information content (AvgIpc) is 3.15. The third kappa shape index (κ3) is 5.75. The van der Waals surface area contributed by atoms with Crippen molar-refractivity contribution in [2.45, 2.75) is 31.0 Å². The molecule has 1 N–H and O–H groups in total. The fourth-order valence-corrected chi connectivity index (χ4v) is 5.60. The van der Waals surface area contributed by atoms with E-state index in [1.54, 1.807) is 11.8 Å². The van der Waals surface area contributed by atoms with Crippen molar-refractivity contribution in [1.82, 2.24) is 9.47 Å². The smallest absolute Gasteiger partial charge is 0.340 e. The number of ether oxygens (including phenoxy) is 1. The van der Waals surface area contributed by atoms with Gasteiger partial charge in [0.05, 0.1) is 22.2 Å². The Hall–Kier alpha value is -2.45. The summed E-state index contributed by atoms with van der Waals surface area (Å²) in [4.78, 5) is 16.6. The minimum absolute atomic E-state index is 0. The zero-order chi connectivity index (χ0) is 25.1. The number of nitrogens with zero attached hydrogens (tertiary/aromatic N) is 2. The molecule has 190 valence electrons. The number of halogens is 2. The predicted molar refractivity (Wildman–Crippen MR) is 154 cm³/mol. The minimum Gasteiger partial charge on any atom is -0.506 e. The molecule has 1 heterocycles. The maximum absolute atomic E-state index is 13.5. The molecular weight excluding hydrogens is 560 g/mol. The largest absolute Gasteiger partial charge is 0.506 e. The minimum atomic E-state index is -0.381. The van der Waals surface area contributed by atoms with Crippen molar-refractivity contribution >= 4 is 57.0 Å². The van der Waals surface area contributed by atoms with Gasteiger partial charge in [0.2, 0.25) is 0 Å². The topological polar surface area (TPSA) is 54.7 Å². The van der Waals surface area contributed by atoms with Gasteiger partial charge in [-0.05, 0) is 74.2 Å². The number of carbonyl (C=O) groups excluding carboxylic acids is 1. The van der Waals surface area contributed by atoms with Gasteiger partial charge >= 0.3 is 5.97 Å². The highest BCUT2D eigenvalue weighted by Gasteiger charge is 2.29. The van der Waals surface area contributed by atoms with Crippen LogP contribution in [0.1, 0.15) is 34.1 Å². The van der Waals surface area contributed by atoms with Crippen molar-refractivity contribution in [1.29, 1.82) is 0 Å². The molecule has 0 saturated heterocycles. The summed E-state index contributed by atoms with van der Waals surface area (Å²) in [6, 6.07) is 20.3. The molecule has 0 fully saturated rings. The monoisotopic (exact) mass is 588 g/mol. The van der Waals surface area contributed by atoms with E-state index < -0.39 is 0 Å². The molecular formula is C28H30BrClN2O3S. The van der Waals surface area contributed by atoms with Crippen LogP contribution in [0.4, 0.5) is 0 Å². The first-order chi connectivity index (χ1) is 16.8. The summed E-state index contributed by atoms with van der Waals surface area (Å²) in [6.07, 6.45) is 0. The number of carbonyl (C=O) groups is 1. The Bertz CT molecular complexity index is 1360. The van der Waals surface area contributed by atoms with Crippen LogP contribution in [0.15, 0.2) is 70.0 Å². The van der Waals surface area contributed by atoms with Crippen LogP contribution in [0.25, 0.3) is 16.6 Å². The first kappa shape index (κ1) is 28.1. The van der Waals surface area contributed by atoms with Crippen molar-refractivity contribution in [3.05, 3.63) is 87.5 Å². The highest BCUT2D eigenvalue weighted by Crippen LogP contribution is 2.42. The lowest BCUT2D eigenvalue weighted by molar-refractivity contribution is 0.0527. The Labute approximate surface area is 231 Å². The van der Waals surface area contributed by atoms with Gasteiger partial charge in [-0.2, -0.15) is 0 Å². The summed E-state index contributed by atoms with van der Waals surface area (Å²) in [5.74, 6) is 0.314. The van der Waals surface area contributed by atoms with Crippen molar-refractivity contribution in [3.63, 3.8) is 0 Å². The van der Waals surface area contributed by atoms with Crippen LogP contribution in [-0.2, 0) is 17.0 Å². The number of aromatic hydroxyl groups is 1. The molecule has 0 radical (unpaired) electrons. The summed E-state index contributed by atoms with van der Waals surface area (Å²) < 4.78 is 8.27. The lowest BCUT2D eigenvalue weighted by Crippen LogP contribution is -2.13. The SMILES string of the molecule is CCOC(=O)c1c(CSc2ccccc2)n(-c2ccc(C)cc2)c2cc(Br)c(O)c(CN(C)C)c12.Cl. The first-order valence-corrected chi connectivity index (χ1v) is 13.2. The molecule has 36 heavy (non-hydrogen) atoms. The number of benzene rings is 3. The predicted octanol–water partition coefficient (Wildman–Crippen LogP) is 7.36. The summed E-state index contributed by atoms with van der Waals surface area (Å²) >= 11 is 5.21. The van der Waals surface area contributed by atoms with E-state index in [4.69, 9.17) is 4.74 Å². The zero-order valence-electron chi connectivity index (χ0n) is 20.7. The van der Waals surface area contributed by atoms with Gasteiger partial charge in [-0.15, -0.1) is 24.2 Å². The Morgan fingerprint density at radius 1 is 1.11 bits per heavy atom. The third-order valence-electron chi connectivity index (χ3n) is 5.75. The molecule has 3 aromatic carbocycles. The second kappa shape index (κ2) is 12.2. The summed E-state index contributed by atoms with van der Waals surface area (Å²) in [5, 5.41) is 11.8. The Kier molecular flexibility index (Phi) is 9.53. The Morgan fingerprint density at radius 2 is 1.78 bits per heavy atom. The van der Waals surface area contributed by atoms with E-state index in [0.717, 1.165) is 32.7 Å². The van der Waals surface area contributed by atoms with E-state index >= 15 is 0 Å². The van der Waals surface area contributed by atoms with Crippen LogP contribution in [0.2, 0.25) is 0 Å². The first-order valence-electron chi connectivity index (χ1n) is 11.5. The fraction of sp³-hybridized carbons (Fsp3) is 0.250. The quantitative estimate of drug-likeness (QED) is 0.172. The molecule has 0 atom stereocenters. The van der Waals surface area contributed by atoms with Crippen molar-refractivity contribution in [3.8, 4) is 11.4 Å². The second-order valence-corrected chi connectivity index (χ2v) is 10.5. The number of thioether (sulfide) groups is 1. The molecule has 8 heteroatoms. The molecule has 4 rings (SSSR count). The van der Waals surface area contributed by atoms with E-state index in [1.165, 1.54) is 0 Å². The Morgan fingerprint density at radius 3 is 2.39 bits per heavy atom. The number of phenols is 1. The third-order valence-corrected chi connectivity index (χ3v) is 7.38. The molecule has 0 aliphatic carbocycles. The molecule has 0 bridgehead atoms. The van der Waals surface area contributed by atoms with Gasteiger partial charge in [0.25, 0.3) is 0 Å². The number of aromatic nitrogens is 1. The van der Waals surface area contributed by atoms with Crippen LogP contribution in [-0.4, -0.2) is 41.2 Å². The highest BCUT2D eigenvalue weighted by molar-refractivity contribution is 9.10. The van der Waals surface area contributed by atoms with Gasteiger partial charge < -0.3 is 19.3 Å². The lowest BCUT2D eigenvalue weighted by atomic mass is 10.0. The van der Waals surface area contributed by atoms with Gasteiger partial charge in [0.15, 0.2) is 0 Å². The maximum atomic E-state index is 13.5. The zero-order valence-corrected chi connectivity index (χ0v) is 24.0. The summed E-state index contributed by atoms with van der Waals surface area (Å²) in [7, 11) is 3.89. The van der Waals surface area contributed by atoms with E-state index in [-0.39, 0.29) is 30.7 Å². The molecule has 0 amide bonds. The lowest BCUT2D eigenvalue weighted by Gasteiger charge is -2.15. The van der Waals surface area contributed by atoms with Gasteiger partial charge in [0, 0.05) is 39.5 Å². The van der Waals surface area contributed by atoms with Crippen LogP contribution in [0.5, 0.6) is 5.75 Å². The summed E-state index contributed by atoms with van der Waals surface area (Å²) in [6.45, 7) is 4.60. The van der Waals surface area contributed by atoms with E-state index in [2.05, 4.69) is 63.8 Å². The van der Waals surface area contributed by atoms with E-state index in [1.807, 2.05) is 50.2 Å². The van der Waals surface area contributed by atoms with Crippen molar-refractivity contribution < 1.29 is 14.6 Å². The normalized spacial score (nSPS) is 11.1. The Balaban J connectivity index is 0.00000361. The standard InChI is InChI=1S/C28H29BrN2O3S.ClH/c1-5-34-28(33)26-24(17-35-20-9-7-6-8-10-20)31(19-13-11-18(2)12-14-19)23-15-22(29)27(32)21(25(23)26)16-30(3)4;/h6-15,32H,5,16-17H2,1-4H3;1H. The molecule has 5 nitrogen and oxygen atoms in total. The number of hydrogen-bond donors (Lipinski definition) is 1. The number of rotatable bonds is 8. The van der Waals surface area contributed by atoms with Gasteiger partial charge in [-0.25, -0.2) is 4.79 Å². The van der Waals surface area contributed by atoms with E-state index in [0.29, 0.717) is 27.9 Å². The fourth-order valence-electron chi connectivity index (χ4n) is 4.22. The molecule has 4 aromatic rings. The molecule has 0 spiro atoms. The second-order valence-electron chi connectivity index (χ2n) is 8.63. The number of phenolic OH excluding ortho intramolecular Hbond substituents is 1. The van der Waals surface area contributed by atoms with Gasteiger partial charge in [0.1, 0.15) is 5.75 Å². The van der Waals surface area contributed by atoms with Crippen molar-refractivity contribution in [2.75, 3.05) is 20.7 Å². The molecule has 0 saturated carbocycles.